The van der Waals surface area contributed by atoms with E-state index < -0.39 is 52.8 Å². The van der Waals surface area contributed by atoms with Gasteiger partial charge in [0.25, 0.3) is 5.91 Å². The van der Waals surface area contributed by atoms with Gasteiger partial charge in [0.2, 0.25) is 0 Å². The van der Waals surface area contributed by atoms with E-state index in [-0.39, 0.29) is 41.0 Å². The van der Waals surface area contributed by atoms with Gasteiger partial charge in [0.15, 0.2) is 9.84 Å². The predicted octanol–water partition coefficient (Wildman–Crippen LogP) is 4.74. The van der Waals surface area contributed by atoms with Gasteiger partial charge in [0, 0.05) is 24.9 Å². The molecule has 0 aliphatic carbocycles. The van der Waals surface area contributed by atoms with Crippen molar-refractivity contribution >= 4 is 21.6 Å². The van der Waals surface area contributed by atoms with Crippen LogP contribution in [0.1, 0.15) is 58.9 Å². The number of alkyl halides is 5. The second-order valence-corrected chi connectivity index (χ2v) is 12.5. The van der Waals surface area contributed by atoms with Gasteiger partial charge in [-0.3, -0.25) is 9.78 Å². The molecule has 2 aromatic heterocycles. The standard InChI is InChI=1S/C29H31F5N4O5S/c1-2-44(41,42)23-10-11-24(35-14-23)25(16-39)37-27(40)19-6-12-26(36-13-19)38-15-20(5-9-22(38)17-43-28(30)31)18-3-7-21(8-4-18)29(32,33)34/h3-4,6-8,10-14,20,22,25,28,39H,2,5,9,15-17H2,1H3,(H,37,40)/t20?,22-,25-/m0/s1. The Hall–Kier alpha value is -3.69. The molecule has 1 aliphatic rings. The third kappa shape index (κ3) is 8.07. The van der Waals surface area contributed by atoms with Crippen molar-refractivity contribution in [2.24, 2.45) is 0 Å². The lowest BCUT2D eigenvalue weighted by Gasteiger charge is -2.40. The molecule has 238 valence electrons. The predicted molar refractivity (Wildman–Crippen MR) is 150 cm³/mol. The van der Waals surface area contributed by atoms with Crippen molar-refractivity contribution in [2.75, 3.05) is 30.4 Å². The highest BCUT2D eigenvalue weighted by atomic mass is 32.2. The van der Waals surface area contributed by atoms with E-state index in [1.165, 1.54) is 49.5 Å². The normalized spacial score (nSPS) is 18.3. The van der Waals surface area contributed by atoms with Gasteiger partial charge in [0.05, 0.1) is 52.8 Å². The molecule has 1 unspecified atom stereocenters. The number of nitrogens with zero attached hydrogens (tertiary/aromatic N) is 3. The highest BCUT2D eigenvalue weighted by Crippen LogP contribution is 2.35. The minimum atomic E-state index is -4.47. The topological polar surface area (TPSA) is 122 Å². The molecule has 1 aromatic carbocycles. The minimum Gasteiger partial charge on any atom is -0.394 e. The number of halogens is 5. The first-order valence-corrected chi connectivity index (χ1v) is 15.4. The summed E-state index contributed by atoms with van der Waals surface area (Å²) < 4.78 is 93.4. The van der Waals surface area contributed by atoms with Crippen LogP contribution in [0.5, 0.6) is 0 Å². The van der Waals surface area contributed by atoms with Crippen LogP contribution < -0.4 is 10.2 Å². The number of rotatable bonds is 11. The zero-order valence-electron chi connectivity index (χ0n) is 23.5. The van der Waals surface area contributed by atoms with Gasteiger partial charge >= 0.3 is 12.8 Å². The number of hydrogen-bond acceptors (Lipinski definition) is 8. The Bertz CT molecular complexity index is 1510. The number of amides is 1. The Kier molecular flexibility index (Phi) is 10.5. The second kappa shape index (κ2) is 13.9. The molecule has 0 saturated carbocycles. The molecule has 2 N–H and O–H groups in total. The van der Waals surface area contributed by atoms with E-state index >= 15 is 0 Å². The first kappa shape index (κ1) is 33.2. The van der Waals surface area contributed by atoms with Crippen LogP contribution in [-0.2, 0) is 20.8 Å². The number of sulfone groups is 1. The van der Waals surface area contributed by atoms with Crippen LogP contribution in [0.2, 0.25) is 0 Å². The van der Waals surface area contributed by atoms with Crippen molar-refractivity contribution in [3.63, 3.8) is 0 Å². The van der Waals surface area contributed by atoms with Crippen molar-refractivity contribution in [3.05, 3.63) is 83.3 Å². The van der Waals surface area contributed by atoms with Gasteiger partial charge in [-0.1, -0.05) is 19.1 Å². The largest absolute Gasteiger partial charge is 0.416 e. The van der Waals surface area contributed by atoms with Crippen molar-refractivity contribution in [1.29, 1.82) is 0 Å². The highest BCUT2D eigenvalue weighted by Gasteiger charge is 2.33. The lowest BCUT2D eigenvalue weighted by atomic mass is 9.87. The van der Waals surface area contributed by atoms with E-state index in [4.69, 9.17) is 0 Å². The number of carbonyl (C=O) groups excluding carboxylic acids is 1. The van der Waals surface area contributed by atoms with Crippen LogP contribution in [-0.4, -0.2) is 67.6 Å². The van der Waals surface area contributed by atoms with Gasteiger partial charge in [-0.15, -0.1) is 0 Å². The molecule has 44 heavy (non-hydrogen) atoms. The maximum Gasteiger partial charge on any atom is 0.416 e. The van der Waals surface area contributed by atoms with E-state index in [1.807, 2.05) is 0 Å². The number of hydrogen-bond donors (Lipinski definition) is 2. The SMILES string of the molecule is CCS(=O)(=O)c1ccc([C@H](CO)NC(=O)c2ccc(N3CC(c4ccc(C(F)(F)F)cc4)CC[C@H]3COC(F)F)nc2)nc1. The number of ether oxygens (including phenoxy) is 1. The van der Waals surface area contributed by atoms with Crippen LogP contribution >= 0.6 is 0 Å². The number of pyridine rings is 2. The molecule has 1 saturated heterocycles. The Morgan fingerprint density at radius 1 is 1.07 bits per heavy atom. The zero-order valence-corrected chi connectivity index (χ0v) is 24.4. The maximum absolute atomic E-state index is 13.0. The molecule has 3 aromatic rings. The Balaban J connectivity index is 1.49. The van der Waals surface area contributed by atoms with Crippen molar-refractivity contribution in [1.82, 2.24) is 15.3 Å². The van der Waals surface area contributed by atoms with Crippen LogP contribution in [0.15, 0.2) is 65.8 Å². The smallest absolute Gasteiger partial charge is 0.394 e. The summed E-state index contributed by atoms with van der Waals surface area (Å²) in [6.07, 6.45) is -1.10. The number of nitrogens with one attached hydrogen (secondary N) is 1. The quantitative estimate of drug-likeness (QED) is 0.288. The fourth-order valence-electron chi connectivity index (χ4n) is 4.97. The minimum absolute atomic E-state index is 0.0158. The Morgan fingerprint density at radius 2 is 1.80 bits per heavy atom. The summed E-state index contributed by atoms with van der Waals surface area (Å²) in [5.74, 6) is -0.561. The molecular weight excluding hydrogens is 611 g/mol. The second-order valence-electron chi connectivity index (χ2n) is 10.2. The maximum atomic E-state index is 13.0. The number of carbonyl (C=O) groups is 1. The van der Waals surface area contributed by atoms with Crippen molar-refractivity contribution < 1.29 is 45.0 Å². The molecular formula is C29H31F5N4O5S. The Morgan fingerprint density at radius 3 is 2.34 bits per heavy atom. The van der Waals surface area contributed by atoms with Crippen LogP contribution in [0.3, 0.4) is 0 Å². The van der Waals surface area contributed by atoms with Crippen LogP contribution in [0.25, 0.3) is 0 Å². The first-order valence-electron chi connectivity index (χ1n) is 13.7. The van der Waals surface area contributed by atoms with E-state index in [9.17, 15) is 40.3 Å². The summed E-state index contributed by atoms with van der Waals surface area (Å²) in [6, 6.07) is 9.12. The van der Waals surface area contributed by atoms with E-state index in [2.05, 4.69) is 20.0 Å². The van der Waals surface area contributed by atoms with Gasteiger partial charge in [-0.25, -0.2) is 13.4 Å². The van der Waals surface area contributed by atoms with E-state index in [0.717, 1.165) is 18.3 Å². The highest BCUT2D eigenvalue weighted by molar-refractivity contribution is 7.91. The summed E-state index contributed by atoms with van der Waals surface area (Å²) >= 11 is 0. The monoisotopic (exact) mass is 642 g/mol. The van der Waals surface area contributed by atoms with E-state index in [0.29, 0.717) is 24.2 Å². The molecule has 15 heteroatoms. The van der Waals surface area contributed by atoms with Crippen molar-refractivity contribution in [3.8, 4) is 0 Å². The third-order valence-electron chi connectivity index (χ3n) is 7.48. The number of aromatic nitrogens is 2. The third-order valence-corrected chi connectivity index (χ3v) is 9.20. The van der Waals surface area contributed by atoms with Gasteiger partial charge < -0.3 is 20.1 Å². The molecule has 0 radical (unpaired) electrons. The van der Waals surface area contributed by atoms with Crippen LogP contribution in [0, 0.1) is 0 Å². The summed E-state index contributed by atoms with van der Waals surface area (Å²) in [4.78, 5) is 23.1. The molecule has 0 bridgehead atoms. The number of aliphatic hydroxyl groups is 1. The molecule has 4 rings (SSSR count). The zero-order chi connectivity index (χ0) is 32.1. The average molecular weight is 643 g/mol. The van der Waals surface area contributed by atoms with Gasteiger partial charge in [0.1, 0.15) is 5.82 Å². The van der Waals surface area contributed by atoms with Crippen LogP contribution in [0.4, 0.5) is 27.8 Å². The Labute approximate surface area is 251 Å². The molecule has 3 atom stereocenters. The lowest BCUT2D eigenvalue weighted by molar-refractivity contribution is -0.137. The number of anilines is 1. The average Bonchev–Trinajstić information content (AvgIpc) is 3.02. The summed E-state index contributed by atoms with van der Waals surface area (Å²) in [7, 11) is -3.48. The van der Waals surface area contributed by atoms with Gasteiger partial charge in [-0.05, 0) is 54.8 Å². The summed E-state index contributed by atoms with van der Waals surface area (Å²) in [6.45, 7) is -2.03. The molecule has 3 heterocycles. The summed E-state index contributed by atoms with van der Waals surface area (Å²) in [5.41, 5.74) is 0.253. The fraction of sp³-hybridized carbons (Fsp3) is 0.414. The number of aliphatic hydroxyl groups excluding tert-OH is 1. The number of benzene rings is 1. The lowest BCUT2D eigenvalue weighted by Crippen LogP contribution is -2.46. The molecule has 9 nitrogen and oxygen atoms in total. The summed E-state index contributed by atoms with van der Waals surface area (Å²) in [5, 5.41) is 12.5. The molecule has 1 aliphatic heterocycles. The van der Waals surface area contributed by atoms with Gasteiger partial charge in [-0.2, -0.15) is 22.0 Å². The van der Waals surface area contributed by atoms with E-state index in [1.54, 1.807) is 4.90 Å². The van der Waals surface area contributed by atoms with Crippen molar-refractivity contribution in [2.45, 2.75) is 55.5 Å². The fourth-order valence-corrected chi connectivity index (χ4v) is 5.80. The molecule has 1 fully saturated rings. The molecule has 0 spiro atoms. The number of piperidine rings is 1. The first-order chi connectivity index (χ1) is 20.8. The molecule has 1 amide bonds.